The molecule has 1 amide bonds. The molecule has 0 aliphatic carbocycles. The van der Waals surface area contributed by atoms with Crippen LogP contribution < -0.4 is 19.9 Å². The van der Waals surface area contributed by atoms with Gasteiger partial charge < -0.3 is 19.9 Å². The zero-order chi connectivity index (χ0) is 26.0. The summed E-state index contributed by atoms with van der Waals surface area (Å²) in [6.45, 7) is 1.88. The monoisotopic (exact) mass is 507 g/mol. The van der Waals surface area contributed by atoms with Gasteiger partial charge in [-0.3, -0.25) is 9.78 Å². The smallest absolute Gasteiger partial charge is 0.268 e. The summed E-state index contributed by atoms with van der Waals surface area (Å²) in [5.41, 5.74) is 8.44. The molecule has 0 saturated heterocycles. The maximum atomic E-state index is 13.8. The predicted octanol–water partition coefficient (Wildman–Crippen LogP) is 3.89. The van der Waals surface area contributed by atoms with Crippen molar-refractivity contribution in [2.75, 3.05) is 21.3 Å². The van der Waals surface area contributed by atoms with Crippen LogP contribution >= 0.6 is 0 Å². The van der Waals surface area contributed by atoms with Crippen molar-refractivity contribution in [3.8, 4) is 39.6 Å². The van der Waals surface area contributed by atoms with Gasteiger partial charge in [0, 0.05) is 35.3 Å². The van der Waals surface area contributed by atoms with Gasteiger partial charge in [-0.2, -0.15) is 0 Å². The van der Waals surface area contributed by atoms with E-state index in [0.29, 0.717) is 39.6 Å². The number of carbonyl (C=O) groups excluding carboxylic acids is 1. The molecule has 0 aliphatic heterocycles. The lowest BCUT2D eigenvalue weighted by atomic mass is 10.1. The summed E-state index contributed by atoms with van der Waals surface area (Å²) in [7, 11) is 0.440. The second-order valence-corrected chi connectivity index (χ2v) is 9.78. The van der Waals surface area contributed by atoms with Crippen LogP contribution in [-0.4, -0.2) is 44.6 Å². The third-order valence-electron chi connectivity index (χ3n) is 5.68. The van der Waals surface area contributed by atoms with Crippen LogP contribution in [0, 0.1) is 6.92 Å². The Morgan fingerprint density at radius 3 is 2.06 bits per heavy atom. The number of aryl methyl sites for hydroxylation is 1. The van der Waals surface area contributed by atoms with Gasteiger partial charge in [-0.1, -0.05) is 17.7 Å². The van der Waals surface area contributed by atoms with E-state index in [-0.39, 0.29) is 10.5 Å². The number of pyridine rings is 1. The van der Waals surface area contributed by atoms with Crippen LogP contribution in [0.1, 0.15) is 15.9 Å². The molecule has 36 heavy (non-hydrogen) atoms. The number of hydrogen-bond donors (Lipinski definition) is 1. The fourth-order valence-electron chi connectivity index (χ4n) is 3.80. The Balaban J connectivity index is 2.00. The highest BCUT2D eigenvalue weighted by atomic mass is 32.2. The molecule has 0 radical (unpaired) electrons. The van der Waals surface area contributed by atoms with Gasteiger partial charge in [0.15, 0.2) is 11.5 Å². The Kier molecular flexibility index (Phi) is 6.71. The second kappa shape index (κ2) is 9.74. The van der Waals surface area contributed by atoms with Gasteiger partial charge in [-0.25, -0.2) is 12.4 Å². The standard InChI is InChI=1S/C26H25N3O6S/c1-16-5-7-21(8-6-16)36(31,32)29-15-20(18-9-19(26(27)30)14-28-13-18)10-22(29)17-11-23(33-2)25(35-4)24(12-17)34-3/h5-15H,1-4H3,(H2,27,30). The molecule has 9 nitrogen and oxygen atoms in total. The average Bonchev–Trinajstić information content (AvgIpc) is 3.34. The second-order valence-electron chi connectivity index (χ2n) is 7.97. The first-order valence-corrected chi connectivity index (χ1v) is 12.2. The summed E-state index contributed by atoms with van der Waals surface area (Å²) >= 11 is 0. The number of hydrogen-bond acceptors (Lipinski definition) is 7. The minimum absolute atomic E-state index is 0.118. The van der Waals surface area contributed by atoms with Crippen LogP contribution in [0.2, 0.25) is 0 Å². The lowest BCUT2D eigenvalue weighted by Gasteiger charge is -2.16. The Morgan fingerprint density at radius 1 is 0.861 bits per heavy atom. The zero-order valence-corrected chi connectivity index (χ0v) is 21.0. The molecule has 0 aliphatic rings. The number of primary amides is 1. The van der Waals surface area contributed by atoms with Crippen LogP contribution in [-0.2, 0) is 10.0 Å². The molecule has 2 N–H and O–H groups in total. The molecule has 0 atom stereocenters. The number of amides is 1. The number of nitrogens with zero attached hydrogens (tertiary/aromatic N) is 2. The number of aromatic nitrogens is 2. The lowest BCUT2D eigenvalue weighted by Crippen LogP contribution is -2.13. The number of ether oxygens (including phenoxy) is 3. The Morgan fingerprint density at radius 2 is 1.50 bits per heavy atom. The van der Waals surface area contributed by atoms with E-state index in [1.165, 1.54) is 43.9 Å². The van der Waals surface area contributed by atoms with Crippen molar-refractivity contribution >= 4 is 15.9 Å². The summed E-state index contributed by atoms with van der Waals surface area (Å²) in [5, 5.41) is 0. The molecule has 10 heteroatoms. The SMILES string of the molecule is COc1cc(-c2cc(-c3cncc(C(N)=O)c3)cn2S(=O)(=O)c2ccc(C)cc2)cc(OC)c1OC. The molecule has 0 unspecified atom stereocenters. The number of rotatable bonds is 8. The van der Waals surface area contributed by atoms with Crippen molar-refractivity contribution in [2.45, 2.75) is 11.8 Å². The molecule has 2 aromatic carbocycles. The summed E-state index contributed by atoms with van der Waals surface area (Å²) in [6.07, 6.45) is 4.37. The Hall–Kier alpha value is -4.31. The zero-order valence-electron chi connectivity index (χ0n) is 20.2. The third kappa shape index (κ3) is 4.50. The number of nitrogens with two attached hydrogens (primary N) is 1. The van der Waals surface area contributed by atoms with E-state index in [9.17, 15) is 13.2 Å². The van der Waals surface area contributed by atoms with Crippen molar-refractivity contribution < 1.29 is 27.4 Å². The van der Waals surface area contributed by atoms with Crippen molar-refractivity contribution in [1.82, 2.24) is 8.96 Å². The first kappa shape index (κ1) is 24.8. The maximum absolute atomic E-state index is 13.8. The van der Waals surface area contributed by atoms with E-state index in [4.69, 9.17) is 19.9 Å². The van der Waals surface area contributed by atoms with E-state index < -0.39 is 15.9 Å². The largest absolute Gasteiger partial charge is 0.493 e. The number of methoxy groups -OCH3 is 3. The van der Waals surface area contributed by atoms with E-state index in [2.05, 4.69) is 4.98 Å². The van der Waals surface area contributed by atoms with Gasteiger partial charge in [0.05, 0.1) is 37.5 Å². The van der Waals surface area contributed by atoms with Crippen LogP contribution in [0.4, 0.5) is 0 Å². The number of carbonyl (C=O) groups is 1. The number of benzene rings is 2. The third-order valence-corrected chi connectivity index (χ3v) is 7.37. The fourth-order valence-corrected chi connectivity index (χ4v) is 5.17. The van der Waals surface area contributed by atoms with Gasteiger partial charge in [-0.15, -0.1) is 0 Å². The van der Waals surface area contributed by atoms with Crippen LogP contribution in [0.3, 0.4) is 0 Å². The molecule has 4 aromatic rings. The first-order valence-electron chi connectivity index (χ1n) is 10.8. The van der Waals surface area contributed by atoms with Crippen LogP contribution in [0.15, 0.2) is 72.0 Å². The highest BCUT2D eigenvalue weighted by molar-refractivity contribution is 7.90. The van der Waals surface area contributed by atoms with Gasteiger partial charge in [0.25, 0.3) is 10.0 Å². The molecular formula is C26H25N3O6S. The van der Waals surface area contributed by atoms with E-state index >= 15 is 0 Å². The van der Waals surface area contributed by atoms with Crippen molar-refractivity contribution in [3.63, 3.8) is 0 Å². The maximum Gasteiger partial charge on any atom is 0.268 e. The molecule has 0 bridgehead atoms. The van der Waals surface area contributed by atoms with Gasteiger partial charge >= 0.3 is 0 Å². The summed E-state index contributed by atoms with van der Waals surface area (Å²) in [5.74, 6) is 0.472. The molecule has 2 heterocycles. The summed E-state index contributed by atoms with van der Waals surface area (Å²) in [4.78, 5) is 15.9. The average molecular weight is 508 g/mol. The van der Waals surface area contributed by atoms with Gasteiger partial charge in [0.2, 0.25) is 11.7 Å². The predicted molar refractivity (Wildman–Crippen MR) is 135 cm³/mol. The molecule has 4 rings (SSSR count). The Labute approximate surface area is 209 Å². The molecule has 0 saturated carbocycles. The normalized spacial score (nSPS) is 11.2. The highest BCUT2D eigenvalue weighted by Gasteiger charge is 2.24. The van der Waals surface area contributed by atoms with E-state index in [0.717, 1.165) is 5.56 Å². The van der Waals surface area contributed by atoms with Gasteiger partial charge in [0.1, 0.15) is 0 Å². The van der Waals surface area contributed by atoms with Crippen molar-refractivity contribution in [2.24, 2.45) is 5.73 Å². The topological polar surface area (TPSA) is 123 Å². The van der Waals surface area contributed by atoms with Gasteiger partial charge in [-0.05, 0) is 43.3 Å². The molecule has 186 valence electrons. The lowest BCUT2D eigenvalue weighted by molar-refractivity contribution is 0.1000. The summed E-state index contributed by atoms with van der Waals surface area (Å²) < 4.78 is 45.1. The summed E-state index contributed by atoms with van der Waals surface area (Å²) in [6, 6.07) is 13.2. The van der Waals surface area contributed by atoms with E-state index in [1.54, 1.807) is 48.5 Å². The molecule has 0 spiro atoms. The van der Waals surface area contributed by atoms with Crippen LogP contribution in [0.5, 0.6) is 17.2 Å². The molecule has 0 fully saturated rings. The highest BCUT2D eigenvalue weighted by Crippen LogP contribution is 2.42. The minimum Gasteiger partial charge on any atom is -0.493 e. The van der Waals surface area contributed by atoms with Crippen molar-refractivity contribution in [1.29, 1.82) is 0 Å². The minimum atomic E-state index is -4.01. The molecule has 2 aromatic heterocycles. The Bertz CT molecular complexity index is 1520. The van der Waals surface area contributed by atoms with Crippen LogP contribution in [0.25, 0.3) is 22.4 Å². The van der Waals surface area contributed by atoms with E-state index in [1.807, 2.05) is 6.92 Å². The first-order chi connectivity index (χ1) is 17.2. The van der Waals surface area contributed by atoms with Crippen molar-refractivity contribution in [3.05, 3.63) is 78.2 Å². The molecular weight excluding hydrogens is 482 g/mol. The quantitative estimate of drug-likeness (QED) is 0.384. The fraction of sp³-hybridized carbons (Fsp3) is 0.154.